The molecule has 4 aromatic rings. The highest BCUT2D eigenvalue weighted by atomic mass is 16.2. The summed E-state index contributed by atoms with van der Waals surface area (Å²) in [4.78, 5) is 38.0. The number of benzene rings is 3. The van der Waals surface area contributed by atoms with Gasteiger partial charge in [0.1, 0.15) is 5.69 Å². The number of aromatic nitrogens is 2. The van der Waals surface area contributed by atoms with Gasteiger partial charge in [0.2, 0.25) is 0 Å². The first kappa shape index (κ1) is 20.7. The molecule has 1 aromatic heterocycles. The van der Waals surface area contributed by atoms with Crippen LogP contribution in [0, 0.1) is 0 Å². The summed E-state index contributed by atoms with van der Waals surface area (Å²) in [5, 5.41) is 14.0. The number of nitrogens with zero attached hydrogens (tertiary/aromatic N) is 2. The van der Waals surface area contributed by atoms with E-state index in [1.807, 2.05) is 30.3 Å². The van der Waals surface area contributed by atoms with Gasteiger partial charge in [-0.05, 0) is 23.8 Å². The molecule has 0 bridgehead atoms. The predicted octanol–water partition coefficient (Wildman–Crippen LogP) is 2.54. The smallest absolute Gasteiger partial charge is 0.272 e. The predicted molar refractivity (Wildman–Crippen MR) is 121 cm³/mol. The quantitative estimate of drug-likeness (QED) is 0.325. The Labute approximate surface area is 183 Å². The van der Waals surface area contributed by atoms with Gasteiger partial charge in [-0.1, -0.05) is 66.7 Å². The Kier molecular flexibility index (Phi) is 6.12. The van der Waals surface area contributed by atoms with Crippen molar-refractivity contribution in [3.05, 3.63) is 112 Å². The molecule has 0 aliphatic rings. The van der Waals surface area contributed by atoms with Crippen molar-refractivity contribution in [2.24, 2.45) is 5.10 Å². The fourth-order valence-electron chi connectivity index (χ4n) is 3.19. The minimum Gasteiger partial charge on any atom is -0.335 e. The number of aromatic amines is 1. The molecule has 0 saturated heterocycles. The van der Waals surface area contributed by atoms with Crippen LogP contribution in [-0.2, 0) is 4.79 Å². The van der Waals surface area contributed by atoms with Crippen molar-refractivity contribution in [1.82, 2.24) is 20.9 Å². The number of carbonyl (C=O) groups excluding carboxylic acids is 2. The van der Waals surface area contributed by atoms with Crippen LogP contribution in [0.25, 0.3) is 10.8 Å². The molecule has 0 radical (unpaired) electrons. The molecule has 3 N–H and O–H groups in total. The minimum absolute atomic E-state index is 0.205. The lowest BCUT2D eigenvalue weighted by molar-refractivity contribution is -0.123. The lowest BCUT2D eigenvalue weighted by atomic mass is 10.0. The summed E-state index contributed by atoms with van der Waals surface area (Å²) in [5.41, 5.74) is 3.44. The van der Waals surface area contributed by atoms with Gasteiger partial charge in [0.05, 0.1) is 11.6 Å². The van der Waals surface area contributed by atoms with Crippen molar-refractivity contribution in [2.45, 2.75) is 6.04 Å². The molecule has 158 valence electrons. The third kappa shape index (κ3) is 4.59. The van der Waals surface area contributed by atoms with Crippen LogP contribution in [0.5, 0.6) is 0 Å². The number of H-pyrrole nitrogens is 1. The summed E-state index contributed by atoms with van der Waals surface area (Å²) >= 11 is 0. The average molecular weight is 425 g/mol. The van der Waals surface area contributed by atoms with E-state index in [-0.39, 0.29) is 11.3 Å². The molecule has 8 nitrogen and oxygen atoms in total. The molecule has 0 saturated carbocycles. The van der Waals surface area contributed by atoms with Crippen molar-refractivity contribution in [3.63, 3.8) is 0 Å². The highest BCUT2D eigenvalue weighted by Gasteiger charge is 2.27. The van der Waals surface area contributed by atoms with Crippen molar-refractivity contribution in [3.8, 4) is 0 Å². The van der Waals surface area contributed by atoms with E-state index in [1.54, 1.807) is 54.6 Å². The summed E-state index contributed by atoms with van der Waals surface area (Å²) in [5.74, 6) is -1.07. The van der Waals surface area contributed by atoms with Crippen LogP contribution in [0.2, 0.25) is 0 Å². The third-order valence-corrected chi connectivity index (χ3v) is 4.76. The molecule has 1 heterocycles. The van der Waals surface area contributed by atoms with E-state index >= 15 is 0 Å². The first-order chi connectivity index (χ1) is 15.6. The van der Waals surface area contributed by atoms with Gasteiger partial charge in [0.15, 0.2) is 6.04 Å². The van der Waals surface area contributed by atoms with Gasteiger partial charge in [0, 0.05) is 10.9 Å². The number of fused-ring (bicyclic) bond motifs is 1. The third-order valence-electron chi connectivity index (χ3n) is 4.76. The van der Waals surface area contributed by atoms with Gasteiger partial charge < -0.3 is 5.32 Å². The second-order valence-corrected chi connectivity index (χ2v) is 6.90. The van der Waals surface area contributed by atoms with E-state index in [1.165, 1.54) is 6.21 Å². The Hall–Kier alpha value is -4.59. The molecule has 0 spiro atoms. The number of carbonyl (C=O) groups is 2. The highest BCUT2D eigenvalue weighted by Crippen LogP contribution is 2.20. The van der Waals surface area contributed by atoms with E-state index in [2.05, 4.69) is 26.0 Å². The van der Waals surface area contributed by atoms with Crippen LogP contribution in [0.3, 0.4) is 0 Å². The molecule has 2 amide bonds. The number of hydrazone groups is 1. The molecular weight excluding hydrogens is 406 g/mol. The molecular formula is C24H19N5O3. The number of nitrogens with one attached hydrogen (secondary N) is 3. The van der Waals surface area contributed by atoms with Crippen LogP contribution in [-0.4, -0.2) is 28.2 Å². The maximum atomic E-state index is 13.1. The van der Waals surface area contributed by atoms with Gasteiger partial charge in [-0.3, -0.25) is 14.4 Å². The van der Waals surface area contributed by atoms with Gasteiger partial charge >= 0.3 is 0 Å². The molecule has 0 aliphatic carbocycles. The van der Waals surface area contributed by atoms with Crippen LogP contribution < -0.4 is 16.3 Å². The van der Waals surface area contributed by atoms with E-state index < -0.39 is 17.9 Å². The van der Waals surface area contributed by atoms with Gasteiger partial charge in [-0.25, -0.2) is 10.5 Å². The molecule has 4 rings (SSSR count). The Bertz CT molecular complexity index is 1330. The monoisotopic (exact) mass is 425 g/mol. The maximum Gasteiger partial charge on any atom is 0.272 e. The molecule has 0 unspecified atom stereocenters. The summed E-state index contributed by atoms with van der Waals surface area (Å²) < 4.78 is 0. The van der Waals surface area contributed by atoms with Gasteiger partial charge in [-0.15, -0.1) is 0 Å². The molecule has 8 heteroatoms. The number of hydrogen-bond donors (Lipinski definition) is 3. The van der Waals surface area contributed by atoms with Crippen LogP contribution >= 0.6 is 0 Å². The molecule has 0 aliphatic heterocycles. The van der Waals surface area contributed by atoms with E-state index in [0.29, 0.717) is 16.3 Å². The lowest BCUT2D eigenvalue weighted by Crippen LogP contribution is -2.40. The normalized spacial score (nSPS) is 11.9. The van der Waals surface area contributed by atoms with Crippen molar-refractivity contribution in [2.75, 3.05) is 0 Å². The fraction of sp³-hybridized carbons (Fsp3) is 0.0417. The second-order valence-electron chi connectivity index (χ2n) is 6.90. The van der Waals surface area contributed by atoms with Crippen molar-refractivity contribution >= 4 is 28.8 Å². The Morgan fingerprint density at radius 2 is 1.50 bits per heavy atom. The summed E-state index contributed by atoms with van der Waals surface area (Å²) in [6, 6.07) is 23.3. The Morgan fingerprint density at radius 1 is 0.875 bits per heavy atom. The average Bonchev–Trinajstić information content (AvgIpc) is 2.84. The van der Waals surface area contributed by atoms with Crippen LogP contribution in [0.15, 0.2) is 94.8 Å². The van der Waals surface area contributed by atoms with E-state index in [0.717, 1.165) is 5.56 Å². The minimum atomic E-state index is -1.20. The maximum absolute atomic E-state index is 13.1. The topological polar surface area (TPSA) is 116 Å². The zero-order valence-electron chi connectivity index (χ0n) is 16.9. The molecule has 1 atom stereocenters. The van der Waals surface area contributed by atoms with Crippen LogP contribution in [0.4, 0.5) is 0 Å². The number of hydrogen-bond acceptors (Lipinski definition) is 5. The highest BCUT2D eigenvalue weighted by molar-refractivity contribution is 5.99. The first-order valence-corrected chi connectivity index (χ1v) is 9.84. The number of rotatable bonds is 6. The fourth-order valence-corrected chi connectivity index (χ4v) is 3.19. The zero-order valence-corrected chi connectivity index (χ0v) is 16.9. The number of amides is 2. The molecule has 32 heavy (non-hydrogen) atoms. The van der Waals surface area contributed by atoms with Crippen molar-refractivity contribution in [1.29, 1.82) is 0 Å². The first-order valence-electron chi connectivity index (χ1n) is 9.84. The SMILES string of the molecule is O=C(N[C@H](C(=O)N/N=C\c1ccccc1)c1n[nH]c(=O)c2ccccc12)c1ccccc1. The molecule has 0 fully saturated rings. The van der Waals surface area contributed by atoms with Crippen LogP contribution in [0.1, 0.15) is 27.7 Å². The zero-order chi connectivity index (χ0) is 22.3. The standard InChI is InChI=1S/C24H19N5O3/c30-22(17-11-5-2-6-12-17)26-21(24(32)28-25-15-16-9-3-1-4-10-16)20-18-13-7-8-14-19(18)23(31)29-27-20/h1-15,21H,(H,26,30)(H,28,32)(H,29,31)/b25-15-/t21-/m0/s1. The van der Waals surface area contributed by atoms with E-state index in [9.17, 15) is 14.4 Å². The second kappa shape index (κ2) is 9.48. The van der Waals surface area contributed by atoms with E-state index in [4.69, 9.17) is 0 Å². The van der Waals surface area contributed by atoms with Gasteiger partial charge in [0.25, 0.3) is 17.4 Å². The van der Waals surface area contributed by atoms with Crippen molar-refractivity contribution < 1.29 is 9.59 Å². The summed E-state index contributed by atoms with van der Waals surface area (Å²) in [6.45, 7) is 0. The van der Waals surface area contributed by atoms with Gasteiger partial charge in [-0.2, -0.15) is 10.2 Å². The summed E-state index contributed by atoms with van der Waals surface area (Å²) in [6.07, 6.45) is 1.49. The lowest BCUT2D eigenvalue weighted by Gasteiger charge is -2.18. The summed E-state index contributed by atoms with van der Waals surface area (Å²) in [7, 11) is 0. The molecule has 3 aromatic carbocycles. The largest absolute Gasteiger partial charge is 0.335 e. The Balaban J connectivity index is 1.68. The Morgan fingerprint density at radius 3 is 2.22 bits per heavy atom.